The van der Waals surface area contributed by atoms with Crippen LogP contribution in [0.25, 0.3) is 0 Å². The predicted octanol–water partition coefficient (Wildman–Crippen LogP) is 3.00. The van der Waals surface area contributed by atoms with E-state index in [1.807, 2.05) is 30.6 Å². The highest BCUT2D eigenvalue weighted by molar-refractivity contribution is 7.89. The molecule has 0 radical (unpaired) electrons. The number of amides is 1. The first kappa shape index (κ1) is 21.7. The van der Waals surface area contributed by atoms with E-state index in [1.54, 1.807) is 18.2 Å². The molecular weight excluding hydrogens is 395 g/mol. The second kappa shape index (κ2) is 8.19. The number of sulfonamides is 1. The van der Waals surface area contributed by atoms with Gasteiger partial charge >= 0.3 is 6.18 Å². The summed E-state index contributed by atoms with van der Waals surface area (Å²) in [7, 11) is -0.518. The molecule has 0 aromatic heterocycles. The van der Waals surface area contributed by atoms with Gasteiger partial charge in [-0.25, -0.2) is 13.1 Å². The van der Waals surface area contributed by atoms with Gasteiger partial charge in [0.2, 0.25) is 15.9 Å². The van der Waals surface area contributed by atoms with Crippen LogP contribution in [0.1, 0.15) is 11.1 Å². The van der Waals surface area contributed by atoms with E-state index in [9.17, 15) is 26.4 Å². The smallest absolute Gasteiger partial charge is 0.377 e. The molecule has 0 fully saturated rings. The van der Waals surface area contributed by atoms with Gasteiger partial charge in [0.1, 0.15) is 0 Å². The zero-order valence-corrected chi connectivity index (χ0v) is 16.3. The molecule has 0 aliphatic heterocycles. The Bertz CT molecular complexity index is 974. The van der Waals surface area contributed by atoms with Gasteiger partial charge in [-0.05, 0) is 48.9 Å². The number of hydrogen-bond acceptors (Lipinski definition) is 4. The number of halogens is 3. The van der Waals surface area contributed by atoms with Crippen LogP contribution in [0.4, 0.5) is 24.5 Å². The van der Waals surface area contributed by atoms with Crippen molar-refractivity contribution in [3.05, 3.63) is 53.6 Å². The van der Waals surface area contributed by atoms with Crippen molar-refractivity contribution in [2.75, 3.05) is 30.9 Å². The molecule has 0 unspecified atom stereocenters. The van der Waals surface area contributed by atoms with Crippen LogP contribution in [0.2, 0.25) is 0 Å². The van der Waals surface area contributed by atoms with Crippen molar-refractivity contribution in [3.63, 3.8) is 0 Å². The monoisotopic (exact) mass is 415 g/mol. The molecule has 6 nitrogen and oxygen atoms in total. The number of carbonyl (C=O) groups excluding carboxylic acids is 1. The average Bonchev–Trinajstić information content (AvgIpc) is 2.59. The summed E-state index contributed by atoms with van der Waals surface area (Å²) >= 11 is 0. The summed E-state index contributed by atoms with van der Waals surface area (Å²) < 4.78 is 64.6. The van der Waals surface area contributed by atoms with E-state index in [1.165, 1.54) is 0 Å². The lowest BCUT2D eigenvalue weighted by atomic mass is 10.1. The molecule has 0 heterocycles. The Hall–Kier alpha value is -2.59. The van der Waals surface area contributed by atoms with Gasteiger partial charge in [-0.2, -0.15) is 13.2 Å². The molecule has 28 heavy (non-hydrogen) atoms. The fourth-order valence-electron chi connectivity index (χ4n) is 2.52. The number of rotatable bonds is 6. The lowest BCUT2D eigenvalue weighted by Crippen LogP contribution is -2.33. The lowest BCUT2D eigenvalue weighted by molar-refractivity contribution is -0.137. The number of aryl methyl sites for hydroxylation is 1. The van der Waals surface area contributed by atoms with E-state index in [0.717, 1.165) is 29.4 Å². The maximum Gasteiger partial charge on any atom is 0.416 e. The molecule has 2 aromatic carbocycles. The van der Waals surface area contributed by atoms with Crippen molar-refractivity contribution in [1.82, 2.24) is 4.72 Å². The van der Waals surface area contributed by atoms with E-state index < -0.39 is 39.1 Å². The van der Waals surface area contributed by atoms with Gasteiger partial charge in [-0.15, -0.1) is 0 Å². The highest BCUT2D eigenvalue weighted by Gasteiger charge is 2.31. The standard InChI is InChI=1S/C18H20F3N3O3S/c1-12-9-14(7-8-16(12)24(2)3)23-17(25)11-22-28(26,27)15-6-4-5-13(10-15)18(19,20)21/h4-10,22H,11H2,1-3H3,(H,23,25). The Kier molecular flexibility index (Phi) is 6.35. The van der Waals surface area contributed by atoms with E-state index in [0.29, 0.717) is 11.8 Å². The van der Waals surface area contributed by atoms with Gasteiger partial charge in [0, 0.05) is 25.5 Å². The Morgan fingerprint density at radius 1 is 1.11 bits per heavy atom. The summed E-state index contributed by atoms with van der Waals surface area (Å²) in [5, 5.41) is 2.54. The van der Waals surface area contributed by atoms with Gasteiger partial charge in [0.05, 0.1) is 17.0 Å². The summed E-state index contributed by atoms with van der Waals surface area (Å²) in [5.74, 6) is -0.646. The van der Waals surface area contributed by atoms with Crippen LogP contribution in [0.15, 0.2) is 47.4 Å². The Morgan fingerprint density at radius 3 is 2.36 bits per heavy atom. The van der Waals surface area contributed by atoms with Crippen molar-refractivity contribution in [2.45, 2.75) is 18.0 Å². The Morgan fingerprint density at radius 2 is 1.79 bits per heavy atom. The van der Waals surface area contributed by atoms with E-state index >= 15 is 0 Å². The van der Waals surface area contributed by atoms with E-state index in [2.05, 4.69) is 5.32 Å². The number of carbonyl (C=O) groups is 1. The molecule has 0 aliphatic rings. The van der Waals surface area contributed by atoms with E-state index in [4.69, 9.17) is 0 Å². The van der Waals surface area contributed by atoms with Crippen LogP contribution in [-0.4, -0.2) is 35.0 Å². The van der Waals surface area contributed by atoms with Crippen LogP contribution >= 0.6 is 0 Å². The second-order valence-corrected chi connectivity index (χ2v) is 8.06. The molecule has 0 aliphatic carbocycles. The average molecular weight is 415 g/mol. The second-order valence-electron chi connectivity index (χ2n) is 6.29. The summed E-state index contributed by atoms with van der Waals surface area (Å²) in [5.41, 5.74) is 1.26. The maximum absolute atomic E-state index is 12.7. The topological polar surface area (TPSA) is 78.5 Å². The largest absolute Gasteiger partial charge is 0.416 e. The quantitative estimate of drug-likeness (QED) is 0.760. The molecule has 0 atom stereocenters. The number of nitrogens with one attached hydrogen (secondary N) is 2. The zero-order chi connectivity index (χ0) is 21.1. The molecular formula is C18H20F3N3O3S. The maximum atomic E-state index is 12.7. The third-order valence-electron chi connectivity index (χ3n) is 3.86. The molecule has 2 aromatic rings. The van der Waals surface area contributed by atoms with Gasteiger partial charge in [-0.1, -0.05) is 6.07 Å². The van der Waals surface area contributed by atoms with Crippen molar-refractivity contribution in [3.8, 4) is 0 Å². The van der Waals surface area contributed by atoms with Crippen molar-refractivity contribution >= 4 is 27.3 Å². The minimum absolute atomic E-state index is 0.478. The number of benzene rings is 2. The van der Waals surface area contributed by atoms with Gasteiger partial charge in [0.25, 0.3) is 0 Å². The fourth-order valence-corrected chi connectivity index (χ4v) is 3.55. The lowest BCUT2D eigenvalue weighted by Gasteiger charge is -2.16. The van der Waals surface area contributed by atoms with Crippen LogP contribution in [0, 0.1) is 6.92 Å². The molecule has 152 valence electrons. The number of alkyl halides is 3. The van der Waals surface area contributed by atoms with Gasteiger partial charge in [-0.3, -0.25) is 4.79 Å². The molecule has 2 N–H and O–H groups in total. The Labute approximate surface area is 161 Å². The van der Waals surface area contributed by atoms with Gasteiger partial charge in [0.15, 0.2) is 0 Å². The minimum atomic E-state index is -4.67. The van der Waals surface area contributed by atoms with E-state index in [-0.39, 0.29) is 0 Å². The molecule has 10 heteroatoms. The van der Waals surface area contributed by atoms with Crippen LogP contribution in [0.5, 0.6) is 0 Å². The number of nitrogens with zero attached hydrogens (tertiary/aromatic N) is 1. The molecule has 1 amide bonds. The molecule has 0 saturated carbocycles. The SMILES string of the molecule is Cc1cc(NC(=O)CNS(=O)(=O)c2cccc(C(F)(F)F)c2)ccc1N(C)C. The minimum Gasteiger partial charge on any atom is -0.377 e. The normalized spacial score (nSPS) is 11.9. The van der Waals surface area contributed by atoms with Gasteiger partial charge < -0.3 is 10.2 Å². The van der Waals surface area contributed by atoms with Crippen LogP contribution in [0.3, 0.4) is 0 Å². The Balaban J connectivity index is 2.05. The molecule has 2 rings (SSSR count). The molecule has 0 spiro atoms. The first-order valence-electron chi connectivity index (χ1n) is 8.15. The predicted molar refractivity (Wildman–Crippen MR) is 101 cm³/mol. The first-order valence-corrected chi connectivity index (χ1v) is 9.63. The zero-order valence-electron chi connectivity index (χ0n) is 15.5. The summed E-state index contributed by atoms with van der Waals surface area (Å²) in [6, 6.07) is 8.51. The van der Waals surface area contributed by atoms with Crippen molar-refractivity contribution in [1.29, 1.82) is 0 Å². The number of anilines is 2. The first-order chi connectivity index (χ1) is 12.9. The molecule has 0 saturated heterocycles. The third kappa shape index (κ3) is 5.46. The van der Waals surface area contributed by atoms with Crippen molar-refractivity contribution in [2.24, 2.45) is 0 Å². The van der Waals surface area contributed by atoms with Crippen LogP contribution in [-0.2, 0) is 21.0 Å². The van der Waals surface area contributed by atoms with Crippen LogP contribution < -0.4 is 14.9 Å². The number of hydrogen-bond donors (Lipinski definition) is 2. The fraction of sp³-hybridized carbons (Fsp3) is 0.278. The summed E-state index contributed by atoms with van der Waals surface area (Å²) in [6.45, 7) is 1.24. The van der Waals surface area contributed by atoms with Crippen molar-refractivity contribution < 1.29 is 26.4 Å². The highest BCUT2D eigenvalue weighted by Crippen LogP contribution is 2.30. The highest BCUT2D eigenvalue weighted by atomic mass is 32.2. The summed E-state index contributed by atoms with van der Waals surface area (Å²) in [4.78, 5) is 13.4. The third-order valence-corrected chi connectivity index (χ3v) is 5.26. The summed E-state index contributed by atoms with van der Waals surface area (Å²) in [6.07, 6.45) is -4.67. The molecule has 0 bridgehead atoms.